The van der Waals surface area contributed by atoms with E-state index in [1.807, 2.05) is 0 Å². The minimum atomic E-state index is -1.18. The zero-order valence-electron chi connectivity index (χ0n) is 8.34. The van der Waals surface area contributed by atoms with Crippen molar-refractivity contribution in [3.63, 3.8) is 0 Å². The lowest BCUT2D eigenvalue weighted by Crippen LogP contribution is -1.99. The van der Waals surface area contributed by atoms with Gasteiger partial charge in [-0.15, -0.1) is 0 Å². The number of carboxylic acids is 1. The van der Waals surface area contributed by atoms with Crippen molar-refractivity contribution < 1.29 is 20.1 Å². The number of aliphatic hydroxyl groups excluding tert-OH is 1. The molecule has 16 heavy (non-hydrogen) atoms. The number of fused-ring (bicyclic) bond motifs is 1. The molecule has 3 N–H and O–H groups in total. The summed E-state index contributed by atoms with van der Waals surface area (Å²) in [5.41, 5.74) is 0.507. The highest BCUT2D eigenvalue weighted by Gasteiger charge is 2.14. The van der Waals surface area contributed by atoms with Gasteiger partial charge in [-0.2, -0.15) is 0 Å². The van der Waals surface area contributed by atoms with Gasteiger partial charge in [-0.3, -0.25) is 0 Å². The van der Waals surface area contributed by atoms with Gasteiger partial charge in [0.15, 0.2) is 0 Å². The third kappa shape index (κ3) is 1.49. The maximum Gasteiger partial charge on any atom is 0.340 e. The summed E-state index contributed by atoms with van der Waals surface area (Å²) in [6.07, 6.45) is 0. The van der Waals surface area contributed by atoms with E-state index in [4.69, 9.17) is 10.2 Å². The molecular weight excluding hydrogens is 208 g/mol. The Bertz CT molecular complexity index is 560. The summed E-state index contributed by atoms with van der Waals surface area (Å²) < 4.78 is 0. The number of hydrogen-bond acceptors (Lipinski definition) is 3. The standard InChI is InChI=1S/C12H10O4/c13-6-7-2-1-3-9-8(7)4-5-10(14)11(9)12(15)16/h1-5,13-14H,6H2,(H,15,16). The van der Waals surface area contributed by atoms with E-state index < -0.39 is 5.97 Å². The number of phenols is 1. The predicted octanol–water partition coefficient (Wildman–Crippen LogP) is 1.74. The fourth-order valence-electron chi connectivity index (χ4n) is 1.77. The molecule has 4 nitrogen and oxygen atoms in total. The average Bonchev–Trinajstić information content (AvgIpc) is 2.27. The Morgan fingerprint density at radius 3 is 2.50 bits per heavy atom. The van der Waals surface area contributed by atoms with Gasteiger partial charge in [0.2, 0.25) is 0 Å². The van der Waals surface area contributed by atoms with Crippen LogP contribution in [0.3, 0.4) is 0 Å². The van der Waals surface area contributed by atoms with Gasteiger partial charge in [-0.05, 0) is 17.0 Å². The molecule has 0 aliphatic carbocycles. The van der Waals surface area contributed by atoms with Crippen molar-refractivity contribution in [2.24, 2.45) is 0 Å². The third-order valence-electron chi connectivity index (χ3n) is 2.51. The summed E-state index contributed by atoms with van der Waals surface area (Å²) in [4.78, 5) is 11.0. The molecule has 0 aliphatic rings. The second-order valence-corrected chi connectivity index (χ2v) is 3.44. The van der Waals surface area contributed by atoms with E-state index >= 15 is 0 Å². The van der Waals surface area contributed by atoms with Crippen LogP contribution in [-0.4, -0.2) is 21.3 Å². The molecule has 0 aliphatic heterocycles. The zero-order valence-corrected chi connectivity index (χ0v) is 8.34. The molecular formula is C12H10O4. The Morgan fingerprint density at radius 1 is 1.12 bits per heavy atom. The Kier molecular flexibility index (Phi) is 2.50. The number of hydrogen-bond donors (Lipinski definition) is 3. The van der Waals surface area contributed by atoms with Gasteiger partial charge in [-0.25, -0.2) is 4.79 Å². The number of benzene rings is 2. The van der Waals surface area contributed by atoms with Crippen LogP contribution in [0.1, 0.15) is 15.9 Å². The molecule has 0 amide bonds. The molecule has 2 aromatic rings. The molecule has 2 rings (SSSR count). The van der Waals surface area contributed by atoms with Gasteiger partial charge in [0.25, 0.3) is 0 Å². The van der Waals surface area contributed by atoms with E-state index in [1.165, 1.54) is 6.07 Å². The maximum absolute atomic E-state index is 11.0. The second kappa shape index (κ2) is 3.83. The highest BCUT2D eigenvalue weighted by Crippen LogP contribution is 2.29. The summed E-state index contributed by atoms with van der Waals surface area (Å²) >= 11 is 0. The number of aromatic hydroxyl groups is 1. The smallest absolute Gasteiger partial charge is 0.340 e. The van der Waals surface area contributed by atoms with Crippen LogP contribution in [0.5, 0.6) is 5.75 Å². The van der Waals surface area contributed by atoms with Crippen molar-refractivity contribution in [2.45, 2.75) is 6.61 Å². The molecule has 0 unspecified atom stereocenters. The lowest BCUT2D eigenvalue weighted by Gasteiger charge is -2.07. The first-order chi connectivity index (χ1) is 7.65. The van der Waals surface area contributed by atoms with Crippen molar-refractivity contribution in [3.8, 4) is 5.75 Å². The van der Waals surface area contributed by atoms with Gasteiger partial charge in [-0.1, -0.05) is 24.3 Å². The Balaban J connectivity index is 2.89. The molecule has 82 valence electrons. The van der Waals surface area contributed by atoms with Crippen LogP contribution in [0.25, 0.3) is 10.8 Å². The fourth-order valence-corrected chi connectivity index (χ4v) is 1.77. The Labute approximate surface area is 91.4 Å². The van der Waals surface area contributed by atoms with Crippen molar-refractivity contribution in [3.05, 3.63) is 41.5 Å². The van der Waals surface area contributed by atoms with Crippen molar-refractivity contribution in [1.29, 1.82) is 0 Å². The largest absolute Gasteiger partial charge is 0.507 e. The molecule has 4 heteroatoms. The van der Waals surface area contributed by atoms with E-state index in [0.717, 1.165) is 0 Å². The summed E-state index contributed by atoms with van der Waals surface area (Å²) in [6, 6.07) is 7.90. The first kappa shape index (κ1) is 10.4. The van der Waals surface area contributed by atoms with Gasteiger partial charge in [0.1, 0.15) is 11.3 Å². The first-order valence-corrected chi connectivity index (χ1v) is 4.73. The van der Waals surface area contributed by atoms with E-state index in [0.29, 0.717) is 16.3 Å². The number of carbonyl (C=O) groups is 1. The van der Waals surface area contributed by atoms with Gasteiger partial charge in [0, 0.05) is 5.39 Å². The Hall–Kier alpha value is -2.07. The highest BCUT2D eigenvalue weighted by atomic mass is 16.4. The van der Waals surface area contributed by atoms with Crippen LogP contribution in [0.2, 0.25) is 0 Å². The molecule has 0 bridgehead atoms. The van der Waals surface area contributed by atoms with Crippen LogP contribution < -0.4 is 0 Å². The SMILES string of the molecule is O=C(O)c1c(O)ccc2c(CO)cccc12. The second-order valence-electron chi connectivity index (χ2n) is 3.44. The van der Waals surface area contributed by atoms with Gasteiger partial charge < -0.3 is 15.3 Å². The molecule has 0 saturated carbocycles. The third-order valence-corrected chi connectivity index (χ3v) is 2.51. The molecule has 2 aromatic carbocycles. The number of aromatic carboxylic acids is 1. The minimum Gasteiger partial charge on any atom is -0.507 e. The summed E-state index contributed by atoms with van der Waals surface area (Å²) in [5.74, 6) is -1.45. The number of rotatable bonds is 2. The molecule has 0 spiro atoms. The quantitative estimate of drug-likeness (QED) is 0.717. The number of carboxylic acid groups (broad SMARTS) is 1. The monoisotopic (exact) mass is 218 g/mol. The number of aliphatic hydroxyl groups is 1. The highest BCUT2D eigenvalue weighted by molar-refractivity contribution is 6.06. The molecule has 0 fully saturated rings. The Morgan fingerprint density at radius 2 is 1.88 bits per heavy atom. The van der Waals surface area contributed by atoms with Crippen LogP contribution in [0.15, 0.2) is 30.3 Å². The fraction of sp³-hybridized carbons (Fsp3) is 0.0833. The van der Waals surface area contributed by atoms with Crippen LogP contribution in [0.4, 0.5) is 0 Å². The molecule has 0 atom stereocenters. The van der Waals surface area contributed by atoms with Crippen LogP contribution >= 0.6 is 0 Å². The summed E-state index contributed by atoms with van der Waals surface area (Å²) in [6.45, 7) is -0.166. The lowest BCUT2D eigenvalue weighted by atomic mass is 9.99. The summed E-state index contributed by atoms with van der Waals surface area (Å²) in [7, 11) is 0. The van der Waals surface area contributed by atoms with Crippen molar-refractivity contribution in [2.75, 3.05) is 0 Å². The topological polar surface area (TPSA) is 77.8 Å². The van der Waals surface area contributed by atoms with E-state index in [9.17, 15) is 9.90 Å². The van der Waals surface area contributed by atoms with E-state index in [-0.39, 0.29) is 17.9 Å². The van der Waals surface area contributed by atoms with Gasteiger partial charge in [0.05, 0.1) is 6.61 Å². The lowest BCUT2D eigenvalue weighted by molar-refractivity contribution is 0.0696. The van der Waals surface area contributed by atoms with E-state index in [2.05, 4.69) is 0 Å². The first-order valence-electron chi connectivity index (χ1n) is 4.73. The minimum absolute atomic E-state index is 0.132. The maximum atomic E-state index is 11.0. The normalized spacial score (nSPS) is 10.6. The molecule has 0 radical (unpaired) electrons. The van der Waals surface area contributed by atoms with Crippen LogP contribution in [-0.2, 0) is 6.61 Å². The molecule has 0 aromatic heterocycles. The molecule has 0 saturated heterocycles. The predicted molar refractivity (Wildman–Crippen MR) is 58.5 cm³/mol. The zero-order chi connectivity index (χ0) is 11.7. The van der Waals surface area contributed by atoms with Crippen molar-refractivity contribution >= 4 is 16.7 Å². The van der Waals surface area contributed by atoms with E-state index in [1.54, 1.807) is 24.3 Å². The average molecular weight is 218 g/mol. The van der Waals surface area contributed by atoms with Crippen LogP contribution in [0, 0.1) is 0 Å². The molecule has 0 heterocycles. The summed E-state index contributed by atoms with van der Waals surface area (Å²) in [5, 5.41) is 28.7. The van der Waals surface area contributed by atoms with Crippen molar-refractivity contribution in [1.82, 2.24) is 0 Å². The van der Waals surface area contributed by atoms with Gasteiger partial charge >= 0.3 is 5.97 Å².